The van der Waals surface area contributed by atoms with Gasteiger partial charge < -0.3 is 16.0 Å². The second-order valence-electron chi connectivity index (χ2n) is 4.22. The zero-order valence-electron chi connectivity index (χ0n) is 11.3. The maximum atomic E-state index is 13.5. The van der Waals surface area contributed by atoms with Crippen LogP contribution in [0, 0.1) is 11.6 Å². The number of hydrogen-bond acceptors (Lipinski definition) is 3. The highest BCUT2D eigenvalue weighted by molar-refractivity contribution is 5.85. The predicted molar refractivity (Wildman–Crippen MR) is 69.9 cm³/mol. The summed E-state index contributed by atoms with van der Waals surface area (Å²) in [4.78, 5) is 22.4. The monoisotopic (exact) mass is 285 g/mol. The second-order valence-corrected chi connectivity index (χ2v) is 4.22. The minimum absolute atomic E-state index is 0.0744. The average Bonchev–Trinajstić information content (AvgIpc) is 2.42. The van der Waals surface area contributed by atoms with E-state index in [4.69, 9.17) is 0 Å². The van der Waals surface area contributed by atoms with Crippen molar-refractivity contribution in [3.05, 3.63) is 35.4 Å². The Hall–Kier alpha value is -2.02. The van der Waals surface area contributed by atoms with Gasteiger partial charge in [-0.3, -0.25) is 9.59 Å². The third-order valence-electron chi connectivity index (χ3n) is 2.72. The van der Waals surface area contributed by atoms with Crippen molar-refractivity contribution in [2.75, 3.05) is 20.1 Å². The number of rotatable bonds is 6. The van der Waals surface area contributed by atoms with Crippen LogP contribution in [0.4, 0.5) is 8.78 Å². The lowest BCUT2D eigenvalue weighted by Crippen LogP contribution is -2.40. The summed E-state index contributed by atoms with van der Waals surface area (Å²) in [6, 6.07) is 2.81. The van der Waals surface area contributed by atoms with Crippen LogP contribution < -0.4 is 16.0 Å². The van der Waals surface area contributed by atoms with Gasteiger partial charge in [0, 0.05) is 24.7 Å². The molecular weight excluding hydrogens is 268 g/mol. The number of amides is 2. The lowest BCUT2D eigenvalue weighted by Gasteiger charge is -2.14. The number of hydrogen-bond donors (Lipinski definition) is 3. The van der Waals surface area contributed by atoms with Crippen LogP contribution >= 0.6 is 0 Å². The van der Waals surface area contributed by atoms with Crippen molar-refractivity contribution in [3.8, 4) is 0 Å². The van der Waals surface area contributed by atoms with Gasteiger partial charge in [0.05, 0.1) is 13.1 Å². The molecule has 110 valence electrons. The highest BCUT2D eigenvalue weighted by Gasteiger charge is 2.12. The summed E-state index contributed by atoms with van der Waals surface area (Å²) in [5.74, 6) is -2.02. The van der Waals surface area contributed by atoms with Gasteiger partial charge in [-0.2, -0.15) is 0 Å². The summed E-state index contributed by atoms with van der Waals surface area (Å²) in [5, 5.41) is 7.56. The third-order valence-corrected chi connectivity index (χ3v) is 2.72. The molecule has 0 spiro atoms. The maximum absolute atomic E-state index is 13.5. The van der Waals surface area contributed by atoms with Crippen molar-refractivity contribution in [1.82, 2.24) is 16.0 Å². The van der Waals surface area contributed by atoms with Crippen LogP contribution in [0.25, 0.3) is 0 Å². The van der Waals surface area contributed by atoms with Crippen LogP contribution in [-0.4, -0.2) is 32.0 Å². The molecule has 0 aliphatic heterocycles. The van der Waals surface area contributed by atoms with E-state index in [0.717, 1.165) is 12.1 Å². The van der Waals surface area contributed by atoms with Gasteiger partial charge >= 0.3 is 0 Å². The summed E-state index contributed by atoms with van der Waals surface area (Å²) < 4.78 is 26.3. The molecule has 5 nitrogen and oxygen atoms in total. The molecule has 7 heteroatoms. The van der Waals surface area contributed by atoms with E-state index < -0.39 is 17.7 Å². The van der Waals surface area contributed by atoms with Crippen molar-refractivity contribution in [3.63, 3.8) is 0 Å². The Bertz CT molecular complexity index is 495. The molecule has 20 heavy (non-hydrogen) atoms. The van der Waals surface area contributed by atoms with Crippen LogP contribution in [0.5, 0.6) is 0 Å². The van der Waals surface area contributed by atoms with Crippen LogP contribution in [-0.2, 0) is 9.59 Å². The molecule has 1 rings (SSSR count). The standard InChI is InChI=1S/C13H17F2N3O2/c1-8(10-4-3-9(14)5-11(10)15)17-7-13(20)18-6-12(19)16-2/h3-5,8,17H,6-7H2,1-2H3,(H,16,19)(H,18,20)/t8-/m1/s1. The molecule has 1 aromatic rings. The third kappa shape index (κ3) is 4.93. The Kier molecular flexibility index (Phi) is 6.05. The molecule has 0 bridgehead atoms. The topological polar surface area (TPSA) is 70.2 Å². The lowest BCUT2D eigenvalue weighted by atomic mass is 10.1. The second kappa shape index (κ2) is 7.54. The van der Waals surface area contributed by atoms with Crippen molar-refractivity contribution < 1.29 is 18.4 Å². The Labute approximate surface area is 115 Å². The summed E-state index contributed by atoms with van der Waals surface area (Å²) in [6.45, 7) is 1.47. The average molecular weight is 285 g/mol. The van der Waals surface area contributed by atoms with Crippen molar-refractivity contribution in [2.24, 2.45) is 0 Å². The highest BCUT2D eigenvalue weighted by Crippen LogP contribution is 2.17. The zero-order chi connectivity index (χ0) is 15.1. The largest absolute Gasteiger partial charge is 0.358 e. The zero-order valence-corrected chi connectivity index (χ0v) is 11.3. The molecule has 0 saturated heterocycles. The van der Waals surface area contributed by atoms with Gasteiger partial charge in [-0.25, -0.2) is 8.78 Å². The van der Waals surface area contributed by atoms with Crippen LogP contribution in [0.15, 0.2) is 18.2 Å². The molecule has 0 heterocycles. The quantitative estimate of drug-likeness (QED) is 0.712. The van der Waals surface area contributed by atoms with Gasteiger partial charge in [-0.1, -0.05) is 6.07 Å². The summed E-state index contributed by atoms with van der Waals surface area (Å²) >= 11 is 0. The van der Waals surface area contributed by atoms with E-state index >= 15 is 0 Å². The van der Waals surface area contributed by atoms with Gasteiger partial charge in [0.15, 0.2) is 0 Å². The number of halogens is 2. The molecule has 1 atom stereocenters. The van der Waals surface area contributed by atoms with Gasteiger partial charge in [0.1, 0.15) is 11.6 Å². The molecule has 0 aromatic heterocycles. The maximum Gasteiger partial charge on any atom is 0.239 e. The molecule has 0 radical (unpaired) electrons. The Morgan fingerprint density at radius 3 is 2.50 bits per heavy atom. The summed E-state index contributed by atoms with van der Waals surface area (Å²) in [7, 11) is 1.46. The molecule has 0 fully saturated rings. The SMILES string of the molecule is CNC(=O)CNC(=O)CN[C@H](C)c1ccc(F)cc1F. The molecule has 0 aliphatic rings. The van der Waals surface area contributed by atoms with E-state index in [1.165, 1.54) is 13.1 Å². The van der Waals surface area contributed by atoms with Gasteiger partial charge in [0.25, 0.3) is 0 Å². The number of nitrogens with one attached hydrogen (secondary N) is 3. The molecule has 0 unspecified atom stereocenters. The first kappa shape index (κ1) is 16.0. The van der Waals surface area contributed by atoms with Crippen molar-refractivity contribution in [2.45, 2.75) is 13.0 Å². The first-order valence-electron chi connectivity index (χ1n) is 6.09. The normalized spacial score (nSPS) is 11.8. The number of benzene rings is 1. The fourth-order valence-electron chi connectivity index (χ4n) is 1.54. The first-order chi connectivity index (χ1) is 9.43. The van der Waals surface area contributed by atoms with E-state index in [1.54, 1.807) is 6.92 Å². The summed E-state index contributed by atoms with van der Waals surface area (Å²) in [6.07, 6.45) is 0. The number of likely N-dealkylation sites (N-methyl/N-ethyl adjacent to an activating group) is 1. The van der Waals surface area contributed by atoms with Crippen molar-refractivity contribution in [1.29, 1.82) is 0 Å². The Balaban J connectivity index is 2.44. The van der Waals surface area contributed by atoms with Crippen LogP contribution in [0.1, 0.15) is 18.5 Å². The van der Waals surface area contributed by atoms with E-state index in [9.17, 15) is 18.4 Å². The smallest absolute Gasteiger partial charge is 0.239 e. The fraction of sp³-hybridized carbons (Fsp3) is 0.385. The van der Waals surface area contributed by atoms with E-state index in [0.29, 0.717) is 0 Å². The molecular formula is C13H17F2N3O2. The van der Waals surface area contributed by atoms with Gasteiger partial charge in [-0.15, -0.1) is 0 Å². The van der Waals surface area contributed by atoms with E-state index in [1.807, 2.05) is 0 Å². The Morgan fingerprint density at radius 1 is 1.20 bits per heavy atom. The molecule has 3 N–H and O–H groups in total. The Morgan fingerprint density at radius 2 is 1.90 bits per heavy atom. The van der Waals surface area contributed by atoms with E-state index in [2.05, 4.69) is 16.0 Å². The highest BCUT2D eigenvalue weighted by atomic mass is 19.1. The number of carbonyl (C=O) groups is 2. The first-order valence-corrected chi connectivity index (χ1v) is 6.09. The van der Waals surface area contributed by atoms with Crippen molar-refractivity contribution >= 4 is 11.8 Å². The van der Waals surface area contributed by atoms with Crippen LogP contribution in [0.2, 0.25) is 0 Å². The summed E-state index contributed by atoms with van der Waals surface area (Å²) in [5.41, 5.74) is 0.269. The molecule has 0 aliphatic carbocycles. The fourth-order valence-corrected chi connectivity index (χ4v) is 1.54. The minimum Gasteiger partial charge on any atom is -0.358 e. The van der Waals surface area contributed by atoms with E-state index in [-0.39, 0.29) is 30.5 Å². The molecule has 1 aromatic carbocycles. The molecule has 0 saturated carbocycles. The van der Waals surface area contributed by atoms with Crippen LogP contribution in [0.3, 0.4) is 0 Å². The lowest BCUT2D eigenvalue weighted by molar-refractivity contribution is -0.125. The predicted octanol–water partition coefficient (Wildman–Crippen LogP) is 0.478. The van der Waals surface area contributed by atoms with Gasteiger partial charge in [0.2, 0.25) is 11.8 Å². The minimum atomic E-state index is -0.671. The molecule has 2 amide bonds. The number of carbonyl (C=O) groups excluding carboxylic acids is 2. The van der Waals surface area contributed by atoms with Gasteiger partial charge in [-0.05, 0) is 13.0 Å².